The van der Waals surface area contributed by atoms with E-state index in [1.54, 1.807) is 0 Å². The predicted molar refractivity (Wildman–Crippen MR) is 86.2 cm³/mol. The van der Waals surface area contributed by atoms with Gasteiger partial charge in [0.1, 0.15) is 5.54 Å². The van der Waals surface area contributed by atoms with Crippen molar-refractivity contribution >= 4 is 0 Å². The number of nitriles is 1. The third kappa shape index (κ3) is 2.64. The second-order valence-electron chi connectivity index (χ2n) is 5.88. The normalized spacial score (nSPS) is 25.0. The molecule has 2 N–H and O–H groups in total. The van der Waals surface area contributed by atoms with Crippen molar-refractivity contribution in [3.8, 4) is 6.07 Å². The third-order valence-corrected chi connectivity index (χ3v) is 4.64. The molecule has 0 radical (unpaired) electrons. The minimum Gasteiger partial charge on any atom is -0.394 e. The fraction of sp³-hybridized carbons (Fsp3) is 0.316. The fourth-order valence-corrected chi connectivity index (χ4v) is 3.28. The standard InChI is InChI=1S/C19H20N2O/c20-14-19(12-11-17(19)15-7-3-1-4-8-15)21-18(13-22)16-9-5-2-6-10-16/h1-10,17-18,21-22H,11-13H2/t17-,18-,19+/m0/s1. The summed E-state index contributed by atoms with van der Waals surface area (Å²) in [4.78, 5) is 0. The van der Waals surface area contributed by atoms with Crippen LogP contribution in [0.2, 0.25) is 0 Å². The van der Waals surface area contributed by atoms with E-state index in [0.29, 0.717) is 0 Å². The highest BCUT2D eigenvalue weighted by molar-refractivity contribution is 5.35. The van der Waals surface area contributed by atoms with Gasteiger partial charge in [0, 0.05) is 5.92 Å². The van der Waals surface area contributed by atoms with Gasteiger partial charge in [0.05, 0.1) is 18.7 Å². The molecule has 0 spiro atoms. The molecule has 3 rings (SSSR count). The molecule has 0 saturated heterocycles. The maximum atomic E-state index is 9.77. The summed E-state index contributed by atoms with van der Waals surface area (Å²) in [7, 11) is 0. The molecular formula is C19H20N2O. The fourth-order valence-electron chi connectivity index (χ4n) is 3.28. The Morgan fingerprint density at radius 1 is 1.14 bits per heavy atom. The first-order valence-electron chi connectivity index (χ1n) is 7.69. The van der Waals surface area contributed by atoms with Crippen molar-refractivity contribution in [2.24, 2.45) is 0 Å². The average Bonchev–Trinajstić information content (AvgIpc) is 2.57. The monoisotopic (exact) mass is 292 g/mol. The molecule has 3 heteroatoms. The van der Waals surface area contributed by atoms with E-state index in [9.17, 15) is 10.4 Å². The van der Waals surface area contributed by atoms with Gasteiger partial charge >= 0.3 is 0 Å². The summed E-state index contributed by atoms with van der Waals surface area (Å²) < 4.78 is 0. The van der Waals surface area contributed by atoms with Crippen LogP contribution in [-0.4, -0.2) is 17.3 Å². The summed E-state index contributed by atoms with van der Waals surface area (Å²) in [6.45, 7) is -0.0189. The molecule has 1 saturated carbocycles. The average molecular weight is 292 g/mol. The van der Waals surface area contributed by atoms with Crippen molar-refractivity contribution in [2.75, 3.05) is 6.61 Å². The minimum absolute atomic E-state index is 0.0189. The van der Waals surface area contributed by atoms with Crippen LogP contribution in [0.5, 0.6) is 0 Å². The largest absolute Gasteiger partial charge is 0.394 e. The Hall–Kier alpha value is -2.15. The zero-order chi connectivity index (χ0) is 15.4. The smallest absolute Gasteiger partial charge is 0.114 e. The first-order chi connectivity index (χ1) is 10.8. The molecule has 1 aliphatic carbocycles. The number of benzene rings is 2. The SMILES string of the molecule is N#C[C@]1(N[C@@H](CO)c2ccccc2)CC[C@H]1c1ccccc1. The van der Waals surface area contributed by atoms with Crippen molar-refractivity contribution in [1.29, 1.82) is 5.26 Å². The lowest BCUT2D eigenvalue weighted by atomic mass is 9.64. The van der Waals surface area contributed by atoms with E-state index in [1.165, 1.54) is 5.56 Å². The van der Waals surface area contributed by atoms with Crippen molar-refractivity contribution in [3.05, 3.63) is 71.8 Å². The van der Waals surface area contributed by atoms with E-state index >= 15 is 0 Å². The van der Waals surface area contributed by atoms with E-state index in [4.69, 9.17) is 0 Å². The van der Waals surface area contributed by atoms with Gasteiger partial charge in [-0.2, -0.15) is 5.26 Å². The van der Waals surface area contributed by atoms with E-state index in [-0.39, 0.29) is 18.6 Å². The molecule has 0 amide bonds. The zero-order valence-corrected chi connectivity index (χ0v) is 12.4. The van der Waals surface area contributed by atoms with Crippen LogP contribution in [0.1, 0.15) is 35.9 Å². The summed E-state index contributed by atoms with van der Waals surface area (Å²) in [5.74, 6) is 0.177. The molecule has 0 aliphatic heterocycles. The van der Waals surface area contributed by atoms with Gasteiger partial charge in [0.2, 0.25) is 0 Å². The summed E-state index contributed by atoms with van der Waals surface area (Å²) in [5.41, 5.74) is 1.61. The summed E-state index contributed by atoms with van der Waals surface area (Å²) in [5, 5.41) is 22.9. The van der Waals surface area contributed by atoms with Crippen LogP contribution < -0.4 is 5.32 Å². The van der Waals surface area contributed by atoms with Gasteiger partial charge in [0.15, 0.2) is 0 Å². The van der Waals surface area contributed by atoms with Gasteiger partial charge in [0.25, 0.3) is 0 Å². The lowest BCUT2D eigenvalue weighted by molar-refractivity contribution is 0.149. The number of rotatable bonds is 5. The second-order valence-corrected chi connectivity index (χ2v) is 5.88. The minimum atomic E-state index is -0.593. The highest BCUT2D eigenvalue weighted by Crippen LogP contribution is 2.46. The summed E-state index contributed by atoms with van der Waals surface area (Å²) in [6.07, 6.45) is 1.81. The third-order valence-electron chi connectivity index (χ3n) is 4.64. The molecule has 112 valence electrons. The summed E-state index contributed by atoms with van der Waals surface area (Å²) >= 11 is 0. The van der Waals surface area contributed by atoms with E-state index < -0.39 is 5.54 Å². The number of aliphatic hydroxyl groups excluding tert-OH is 1. The first-order valence-corrected chi connectivity index (χ1v) is 7.69. The molecule has 22 heavy (non-hydrogen) atoms. The molecule has 2 aromatic carbocycles. The topological polar surface area (TPSA) is 56.0 Å². The molecule has 0 heterocycles. The Morgan fingerprint density at radius 3 is 2.27 bits per heavy atom. The maximum absolute atomic E-state index is 9.77. The Balaban J connectivity index is 1.84. The molecule has 0 unspecified atom stereocenters. The van der Waals surface area contributed by atoms with Gasteiger partial charge in [-0.1, -0.05) is 60.7 Å². The van der Waals surface area contributed by atoms with Crippen LogP contribution in [0.25, 0.3) is 0 Å². The molecule has 0 aromatic heterocycles. The number of nitrogens with zero attached hydrogens (tertiary/aromatic N) is 1. The number of hydrogen-bond donors (Lipinski definition) is 2. The molecule has 1 aliphatic rings. The number of aliphatic hydroxyl groups is 1. The first kappa shape index (κ1) is 14.8. The molecule has 1 fully saturated rings. The highest BCUT2D eigenvalue weighted by Gasteiger charge is 2.49. The van der Waals surface area contributed by atoms with Gasteiger partial charge in [-0.15, -0.1) is 0 Å². The van der Waals surface area contributed by atoms with Crippen LogP contribution in [-0.2, 0) is 0 Å². The number of nitrogens with one attached hydrogen (secondary N) is 1. The molecule has 0 bridgehead atoms. The number of hydrogen-bond acceptors (Lipinski definition) is 3. The Bertz CT molecular complexity index is 650. The van der Waals surface area contributed by atoms with Gasteiger partial charge < -0.3 is 5.11 Å². The Kier molecular flexibility index (Phi) is 4.24. The quantitative estimate of drug-likeness (QED) is 0.890. The van der Waals surface area contributed by atoms with E-state index in [2.05, 4.69) is 23.5 Å². The van der Waals surface area contributed by atoms with Crippen LogP contribution in [0.15, 0.2) is 60.7 Å². The Labute approximate surface area is 131 Å². The molecule has 3 nitrogen and oxygen atoms in total. The Morgan fingerprint density at radius 2 is 1.77 bits per heavy atom. The molecular weight excluding hydrogens is 272 g/mol. The van der Waals surface area contributed by atoms with Crippen LogP contribution in [0.4, 0.5) is 0 Å². The lowest BCUT2D eigenvalue weighted by Crippen LogP contribution is -2.57. The van der Waals surface area contributed by atoms with E-state index in [1.807, 2.05) is 48.5 Å². The van der Waals surface area contributed by atoms with Crippen LogP contribution in [0, 0.1) is 11.3 Å². The lowest BCUT2D eigenvalue weighted by Gasteiger charge is -2.47. The predicted octanol–water partition coefficient (Wildman–Crippen LogP) is 3.15. The van der Waals surface area contributed by atoms with Crippen molar-refractivity contribution in [2.45, 2.75) is 30.3 Å². The van der Waals surface area contributed by atoms with Crippen molar-refractivity contribution in [3.63, 3.8) is 0 Å². The highest BCUT2D eigenvalue weighted by atomic mass is 16.3. The van der Waals surface area contributed by atoms with Crippen LogP contribution in [0.3, 0.4) is 0 Å². The molecule has 3 atom stereocenters. The van der Waals surface area contributed by atoms with Crippen molar-refractivity contribution < 1.29 is 5.11 Å². The molecule has 2 aromatic rings. The second kappa shape index (κ2) is 6.31. The van der Waals surface area contributed by atoms with Crippen LogP contribution >= 0.6 is 0 Å². The van der Waals surface area contributed by atoms with E-state index in [0.717, 1.165) is 18.4 Å². The van der Waals surface area contributed by atoms with Gasteiger partial charge in [-0.25, -0.2) is 0 Å². The van der Waals surface area contributed by atoms with Gasteiger partial charge in [-0.05, 0) is 24.0 Å². The maximum Gasteiger partial charge on any atom is 0.114 e. The summed E-state index contributed by atoms with van der Waals surface area (Å²) in [6, 6.07) is 22.2. The van der Waals surface area contributed by atoms with Crippen molar-refractivity contribution in [1.82, 2.24) is 5.32 Å². The zero-order valence-electron chi connectivity index (χ0n) is 12.4. The van der Waals surface area contributed by atoms with Gasteiger partial charge in [-0.3, -0.25) is 5.32 Å².